The maximum absolute atomic E-state index is 12.0. The Balaban J connectivity index is 2.71. The number of ether oxygens (including phenoxy) is 1. The summed E-state index contributed by atoms with van der Waals surface area (Å²) >= 11 is 0. The number of nitrogens with one attached hydrogen (secondary N) is 1. The molecular weight excluding hydrogens is 259 g/mol. The molecule has 0 aliphatic heterocycles. The van der Waals surface area contributed by atoms with Crippen molar-refractivity contribution in [1.82, 2.24) is 0 Å². The molecule has 1 N–H and O–H groups in total. The van der Waals surface area contributed by atoms with Gasteiger partial charge in [-0.2, -0.15) is 23.7 Å². The number of nitriles is 2. The van der Waals surface area contributed by atoms with Gasteiger partial charge in [-0.05, 0) is 12.1 Å². The average Bonchev–Trinajstić information content (AvgIpc) is 2.37. The van der Waals surface area contributed by atoms with Crippen molar-refractivity contribution in [3.63, 3.8) is 0 Å². The minimum Gasteiger partial charge on any atom is -0.484 e. The summed E-state index contributed by atoms with van der Waals surface area (Å²) < 4.78 is 40.5. The largest absolute Gasteiger partial charge is 0.484 e. The Hall–Kier alpha value is -2.67. The third-order valence-corrected chi connectivity index (χ3v) is 1.86. The van der Waals surface area contributed by atoms with Crippen LogP contribution in [0.25, 0.3) is 0 Å². The third kappa shape index (κ3) is 5.46. The van der Waals surface area contributed by atoms with Crippen molar-refractivity contribution in [3.8, 4) is 17.9 Å². The minimum absolute atomic E-state index is 0.0335. The average molecular weight is 267 g/mol. The summed E-state index contributed by atoms with van der Waals surface area (Å²) in [4.78, 5) is 0. The van der Waals surface area contributed by atoms with Crippen LogP contribution in [0.4, 0.5) is 18.9 Å². The van der Waals surface area contributed by atoms with Gasteiger partial charge in [0.1, 0.15) is 23.5 Å². The lowest BCUT2D eigenvalue weighted by Crippen LogP contribution is -2.19. The predicted octanol–water partition coefficient (Wildman–Crippen LogP) is 2.97. The Kier molecular flexibility index (Phi) is 4.78. The van der Waals surface area contributed by atoms with Gasteiger partial charge in [0, 0.05) is 18.0 Å². The number of rotatable bonds is 4. The molecule has 0 bridgehead atoms. The van der Waals surface area contributed by atoms with Gasteiger partial charge in [-0.25, -0.2) is 0 Å². The maximum Gasteiger partial charge on any atom is 0.422 e. The van der Waals surface area contributed by atoms with Crippen molar-refractivity contribution in [2.24, 2.45) is 0 Å². The Bertz CT molecular complexity index is 537. The molecule has 1 aromatic rings. The molecule has 0 unspecified atom stereocenters. The number of anilines is 1. The van der Waals surface area contributed by atoms with Gasteiger partial charge in [0.25, 0.3) is 0 Å². The summed E-state index contributed by atoms with van der Waals surface area (Å²) in [5.41, 5.74) is 0.254. The van der Waals surface area contributed by atoms with Crippen LogP contribution in [-0.2, 0) is 0 Å². The summed E-state index contributed by atoms with van der Waals surface area (Å²) in [6.07, 6.45) is -3.25. The van der Waals surface area contributed by atoms with Gasteiger partial charge in [-0.3, -0.25) is 0 Å². The molecule has 19 heavy (non-hydrogen) atoms. The first-order valence-electron chi connectivity index (χ1n) is 5.01. The van der Waals surface area contributed by atoms with Crippen molar-refractivity contribution in [2.45, 2.75) is 6.18 Å². The van der Waals surface area contributed by atoms with Crippen LogP contribution in [0.1, 0.15) is 0 Å². The van der Waals surface area contributed by atoms with E-state index in [1.165, 1.54) is 18.2 Å². The fourth-order valence-corrected chi connectivity index (χ4v) is 1.09. The van der Waals surface area contributed by atoms with E-state index in [1.54, 1.807) is 18.2 Å². The second-order valence-electron chi connectivity index (χ2n) is 3.36. The maximum atomic E-state index is 12.0. The highest BCUT2D eigenvalue weighted by Crippen LogP contribution is 2.21. The van der Waals surface area contributed by atoms with E-state index < -0.39 is 12.8 Å². The van der Waals surface area contributed by atoms with Gasteiger partial charge in [-0.1, -0.05) is 6.07 Å². The van der Waals surface area contributed by atoms with Crippen molar-refractivity contribution in [3.05, 3.63) is 36.0 Å². The fraction of sp³-hybridized carbons (Fsp3) is 0.167. The van der Waals surface area contributed by atoms with Gasteiger partial charge in [0.05, 0.1) is 0 Å². The van der Waals surface area contributed by atoms with Crippen LogP contribution in [0.3, 0.4) is 0 Å². The van der Waals surface area contributed by atoms with Crippen LogP contribution >= 0.6 is 0 Å². The van der Waals surface area contributed by atoms with E-state index in [2.05, 4.69) is 10.1 Å². The zero-order valence-electron chi connectivity index (χ0n) is 9.53. The zero-order valence-corrected chi connectivity index (χ0v) is 9.53. The Morgan fingerprint density at radius 1 is 1.32 bits per heavy atom. The molecule has 0 saturated carbocycles. The first kappa shape index (κ1) is 14.4. The Labute approximate surface area is 107 Å². The second kappa shape index (κ2) is 6.31. The van der Waals surface area contributed by atoms with Crippen molar-refractivity contribution in [2.75, 3.05) is 11.9 Å². The summed E-state index contributed by atoms with van der Waals surface area (Å²) in [6, 6.07) is 9.02. The molecule has 0 fully saturated rings. The van der Waals surface area contributed by atoms with E-state index in [1.807, 2.05) is 0 Å². The van der Waals surface area contributed by atoms with Crippen molar-refractivity contribution in [1.29, 1.82) is 10.5 Å². The van der Waals surface area contributed by atoms with Gasteiger partial charge in [-0.15, -0.1) is 0 Å². The minimum atomic E-state index is -4.40. The molecule has 7 heteroatoms. The van der Waals surface area contributed by atoms with Crippen LogP contribution in [0, 0.1) is 22.7 Å². The van der Waals surface area contributed by atoms with Gasteiger partial charge in [0.15, 0.2) is 6.61 Å². The molecule has 0 heterocycles. The monoisotopic (exact) mass is 267 g/mol. The number of alkyl halides is 3. The Morgan fingerprint density at radius 3 is 2.58 bits per heavy atom. The number of halogens is 3. The third-order valence-electron chi connectivity index (χ3n) is 1.86. The number of hydrogen-bond acceptors (Lipinski definition) is 4. The molecule has 0 spiro atoms. The van der Waals surface area contributed by atoms with E-state index in [0.29, 0.717) is 5.69 Å². The lowest BCUT2D eigenvalue weighted by Gasteiger charge is -2.10. The molecule has 0 aliphatic carbocycles. The van der Waals surface area contributed by atoms with Gasteiger partial charge >= 0.3 is 6.18 Å². The van der Waals surface area contributed by atoms with Crippen LogP contribution < -0.4 is 10.1 Å². The summed E-state index contributed by atoms with van der Waals surface area (Å²) in [7, 11) is 0. The lowest BCUT2D eigenvalue weighted by molar-refractivity contribution is -0.153. The van der Waals surface area contributed by atoms with Crippen molar-refractivity contribution >= 4 is 5.69 Å². The first-order chi connectivity index (χ1) is 8.94. The number of nitrogens with zero attached hydrogens (tertiary/aromatic N) is 2. The number of benzene rings is 1. The van der Waals surface area contributed by atoms with E-state index in [4.69, 9.17) is 10.5 Å². The van der Waals surface area contributed by atoms with E-state index in [-0.39, 0.29) is 11.3 Å². The van der Waals surface area contributed by atoms with E-state index in [9.17, 15) is 13.2 Å². The molecule has 98 valence electrons. The van der Waals surface area contributed by atoms with Gasteiger partial charge < -0.3 is 10.1 Å². The molecule has 0 atom stereocenters. The lowest BCUT2D eigenvalue weighted by atomic mass is 10.3. The molecule has 4 nitrogen and oxygen atoms in total. The second-order valence-corrected chi connectivity index (χ2v) is 3.36. The number of hydrogen-bond donors (Lipinski definition) is 1. The van der Waals surface area contributed by atoms with Crippen LogP contribution in [0.2, 0.25) is 0 Å². The van der Waals surface area contributed by atoms with Crippen LogP contribution in [-0.4, -0.2) is 12.8 Å². The Morgan fingerprint density at radius 2 is 2.00 bits per heavy atom. The smallest absolute Gasteiger partial charge is 0.422 e. The summed E-state index contributed by atoms with van der Waals surface area (Å²) in [5, 5.41) is 19.6. The molecule has 0 aliphatic rings. The SMILES string of the molecule is N#CC(C#N)=CNc1cccc(OCC(F)(F)F)c1. The predicted molar refractivity (Wildman–Crippen MR) is 60.9 cm³/mol. The topological polar surface area (TPSA) is 68.8 Å². The molecule has 0 aromatic heterocycles. The molecule has 1 aromatic carbocycles. The molecule has 0 saturated heterocycles. The first-order valence-corrected chi connectivity index (χ1v) is 5.01. The summed E-state index contributed by atoms with van der Waals surface area (Å²) in [6.45, 7) is -1.38. The van der Waals surface area contributed by atoms with Crippen molar-refractivity contribution < 1.29 is 17.9 Å². The van der Waals surface area contributed by atoms with E-state index in [0.717, 1.165) is 6.20 Å². The van der Waals surface area contributed by atoms with Crippen LogP contribution in [0.5, 0.6) is 5.75 Å². The van der Waals surface area contributed by atoms with E-state index >= 15 is 0 Å². The van der Waals surface area contributed by atoms with Gasteiger partial charge in [0.2, 0.25) is 0 Å². The summed E-state index contributed by atoms with van der Waals surface area (Å²) in [5.74, 6) is 0.0335. The highest BCUT2D eigenvalue weighted by molar-refractivity contribution is 5.52. The molecular formula is C12H8F3N3O. The fourth-order valence-electron chi connectivity index (χ4n) is 1.09. The highest BCUT2D eigenvalue weighted by Gasteiger charge is 2.28. The molecule has 1 rings (SSSR count). The number of allylic oxidation sites excluding steroid dienone is 1. The highest BCUT2D eigenvalue weighted by atomic mass is 19.4. The quantitative estimate of drug-likeness (QED) is 0.851. The standard InChI is InChI=1S/C12H8F3N3O/c13-12(14,15)8-19-11-3-1-2-10(4-11)18-7-9(5-16)6-17/h1-4,7,18H,8H2. The van der Waals surface area contributed by atoms with Crippen LogP contribution in [0.15, 0.2) is 36.0 Å². The zero-order chi connectivity index (χ0) is 14.3. The molecule has 0 amide bonds. The molecule has 0 radical (unpaired) electrons. The normalized spacial score (nSPS) is 9.95.